The fourth-order valence-electron chi connectivity index (χ4n) is 1.83. The number of hydrogen-bond acceptors (Lipinski definition) is 6. The number of nitrogens with one attached hydrogen (secondary N) is 1. The molecule has 2 rings (SSSR count). The molecule has 0 amide bonds. The van der Waals surface area contributed by atoms with Crippen molar-refractivity contribution >= 4 is 0 Å². The summed E-state index contributed by atoms with van der Waals surface area (Å²) in [6, 6.07) is 6.18. The molecule has 0 bridgehead atoms. The minimum Gasteiger partial charge on any atom is -0.507 e. The Labute approximate surface area is 110 Å². The summed E-state index contributed by atoms with van der Waals surface area (Å²) < 4.78 is 4.98. The zero-order valence-electron chi connectivity index (χ0n) is 10.4. The summed E-state index contributed by atoms with van der Waals surface area (Å²) >= 11 is 0. The van der Waals surface area contributed by atoms with Crippen LogP contribution in [0.15, 0.2) is 35.0 Å². The number of likely N-dealkylation sites (N-methyl/N-ethyl adjacent to an activating group) is 1. The largest absolute Gasteiger partial charge is 0.507 e. The van der Waals surface area contributed by atoms with Gasteiger partial charge in [0.25, 0.3) is 0 Å². The van der Waals surface area contributed by atoms with Crippen LogP contribution in [0.1, 0.15) is 11.7 Å². The second kappa shape index (κ2) is 5.83. The van der Waals surface area contributed by atoms with Crippen LogP contribution in [0.5, 0.6) is 5.75 Å². The maximum absolute atomic E-state index is 10.0. The van der Waals surface area contributed by atoms with E-state index in [4.69, 9.17) is 4.52 Å². The van der Waals surface area contributed by atoms with Gasteiger partial charge >= 0.3 is 0 Å². The first-order valence-electron chi connectivity index (χ1n) is 5.88. The van der Waals surface area contributed by atoms with E-state index in [0.29, 0.717) is 16.9 Å². The van der Waals surface area contributed by atoms with E-state index in [0.717, 1.165) is 0 Å². The molecule has 2 aromatic rings. The van der Waals surface area contributed by atoms with Crippen LogP contribution in [-0.2, 0) is 0 Å². The van der Waals surface area contributed by atoms with Crippen molar-refractivity contribution < 1.29 is 19.8 Å². The molecule has 102 valence electrons. The van der Waals surface area contributed by atoms with Gasteiger partial charge in [0.1, 0.15) is 11.9 Å². The van der Waals surface area contributed by atoms with Crippen molar-refractivity contribution in [1.82, 2.24) is 10.5 Å². The van der Waals surface area contributed by atoms with Crippen LogP contribution in [0.2, 0.25) is 0 Å². The first-order chi connectivity index (χ1) is 9.13. The highest BCUT2D eigenvalue weighted by Gasteiger charge is 2.19. The Morgan fingerprint density at radius 3 is 2.74 bits per heavy atom. The van der Waals surface area contributed by atoms with Crippen LogP contribution in [0, 0.1) is 0 Å². The predicted octanol–water partition coefficient (Wildman–Crippen LogP) is 0.661. The molecule has 0 saturated carbocycles. The van der Waals surface area contributed by atoms with Gasteiger partial charge in [-0.3, -0.25) is 0 Å². The van der Waals surface area contributed by atoms with E-state index in [2.05, 4.69) is 10.5 Å². The number of aromatic hydroxyl groups is 1. The number of rotatable bonds is 5. The molecule has 0 aliphatic heterocycles. The number of aromatic nitrogens is 1. The molecule has 1 aromatic carbocycles. The number of nitrogens with zero attached hydrogens (tertiary/aromatic N) is 1. The van der Waals surface area contributed by atoms with E-state index < -0.39 is 12.2 Å². The van der Waals surface area contributed by atoms with Crippen molar-refractivity contribution in [2.45, 2.75) is 12.2 Å². The van der Waals surface area contributed by atoms with E-state index in [1.807, 2.05) is 0 Å². The number of aliphatic hydroxyl groups excluding tert-OH is 2. The Balaban J connectivity index is 2.31. The molecule has 6 nitrogen and oxygen atoms in total. The molecular formula is C13H16N2O4. The zero-order chi connectivity index (χ0) is 13.8. The maximum Gasteiger partial charge on any atom is 0.170 e. The lowest BCUT2D eigenvalue weighted by molar-refractivity contribution is 0.0202. The van der Waals surface area contributed by atoms with E-state index in [1.54, 1.807) is 25.2 Å². The maximum atomic E-state index is 10.0. The molecular weight excluding hydrogens is 248 g/mol. The summed E-state index contributed by atoms with van der Waals surface area (Å²) in [5, 5.41) is 35.9. The molecule has 4 N–H and O–H groups in total. The van der Waals surface area contributed by atoms with Gasteiger partial charge in [-0.1, -0.05) is 11.2 Å². The van der Waals surface area contributed by atoms with Crippen LogP contribution >= 0.6 is 0 Å². The van der Waals surface area contributed by atoms with Crippen molar-refractivity contribution in [3.63, 3.8) is 0 Å². The molecule has 0 spiro atoms. The summed E-state index contributed by atoms with van der Waals surface area (Å²) in [5.74, 6) is 0.422. The highest BCUT2D eigenvalue weighted by molar-refractivity contribution is 5.66. The highest BCUT2D eigenvalue weighted by atomic mass is 16.5. The standard InChI is InChI=1S/C13H16N2O4/c1-14-7-11(17)13(18)8-2-3-10(16)9(6-8)12-4-5-15-19-12/h2-6,11,13-14,16-18H,7H2,1H3. The summed E-state index contributed by atoms with van der Waals surface area (Å²) in [6.07, 6.45) is -0.514. The lowest BCUT2D eigenvalue weighted by Gasteiger charge is -2.18. The topological polar surface area (TPSA) is 98.8 Å². The van der Waals surface area contributed by atoms with Crippen LogP contribution in [0.4, 0.5) is 0 Å². The molecule has 2 unspecified atom stereocenters. The number of phenols is 1. The summed E-state index contributed by atoms with van der Waals surface area (Å²) in [5.41, 5.74) is 0.914. The first kappa shape index (κ1) is 13.5. The quantitative estimate of drug-likeness (QED) is 0.633. The third-order valence-corrected chi connectivity index (χ3v) is 2.84. The van der Waals surface area contributed by atoms with Gasteiger partial charge in [-0.15, -0.1) is 0 Å². The number of hydrogen-bond donors (Lipinski definition) is 4. The van der Waals surface area contributed by atoms with Gasteiger partial charge in [0, 0.05) is 12.6 Å². The molecule has 1 heterocycles. The minimum atomic E-state index is -1.05. The Morgan fingerprint density at radius 2 is 2.11 bits per heavy atom. The second-order valence-corrected chi connectivity index (χ2v) is 4.22. The SMILES string of the molecule is CNCC(O)C(O)c1ccc(O)c(-c2ccno2)c1. The molecule has 0 fully saturated rings. The van der Waals surface area contributed by atoms with Crippen molar-refractivity contribution in [3.8, 4) is 17.1 Å². The Hall–Kier alpha value is -1.89. The van der Waals surface area contributed by atoms with Crippen molar-refractivity contribution in [2.24, 2.45) is 0 Å². The van der Waals surface area contributed by atoms with Crippen LogP contribution < -0.4 is 5.32 Å². The average Bonchev–Trinajstić information content (AvgIpc) is 2.92. The smallest absolute Gasteiger partial charge is 0.170 e. The fraction of sp³-hybridized carbons (Fsp3) is 0.308. The van der Waals surface area contributed by atoms with E-state index in [9.17, 15) is 15.3 Å². The summed E-state index contributed by atoms with van der Waals surface area (Å²) in [6.45, 7) is 0.264. The Morgan fingerprint density at radius 1 is 1.32 bits per heavy atom. The molecule has 0 aliphatic rings. The van der Waals surface area contributed by atoms with Crippen molar-refractivity contribution in [2.75, 3.05) is 13.6 Å². The monoisotopic (exact) mass is 264 g/mol. The van der Waals surface area contributed by atoms with Gasteiger partial charge < -0.3 is 25.2 Å². The van der Waals surface area contributed by atoms with E-state index in [-0.39, 0.29) is 12.3 Å². The van der Waals surface area contributed by atoms with Gasteiger partial charge in [0.05, 0.1) is 17.9 Å². The lowest BCUT2D eigenvalue weighted by Crippen LogP contribution is -2.29. The van der Waals surface area contributed by atoms with Gasteiger partial charge in [-0.05, 0) is 24.7 Å². The normalized spacial score (nSPS) is 14.3. The predicted molar refractivity (Wildman–Crippen MR) is 68.5 cm³/mol. The van der Waals surface area contributed by atoms with Crippen molar-refractivity contribution in [3.05, 3.63) is 36.0 Å². The van der Waals surface area contributed by atoms with Crippen LogP contribution in [-0.4, -0.2) is 40.2 Å². The number of phenolic OH excluding ortho intramolecular Hbond substituents is 1. The van der Waals surface area contributed by atoms with Crippen LogP contribution in [0.25, 0.3) is 11.3 Å². The number of aliphatic hydroxyl groups is 2. The summed E-state index contributed by atoms with van der Waals surface area (Å²) in [7, 11) is 1.69. The lowest BCUT2D eigenvalue weighted by atomic mass is 10.00. The summed E-state index contributed by atoms with van der Waals surface area (Å²) in [4.78, 5) is 0. The number of benzene rings is 1. The van der Waals surface area contributed by atoms with Crippen LogP contribution in [0.3, 0.4) is 0 Å². The second-order valence-electron chi connectivity index (χ2n) is 4.22. The van der Waals surface area contributed by atoms with Gasteiger partial charge in [-0.25, -0.2) is 0 Å². The molecule has 2 atom stereocenters. The highest BCUT2D eigenvalue weighted by Crippen LogP contribution is 2.32. The minimum absolute atomic E-state index is 0.0239. The van der Waals surface area contributed by atoms with E-state index >= 15 is 0 Å². The molecule has 1 aromatic heterocycles. The zero-order valence-corrected chi connectivity index (χ0v) is 10.4. The Bertz CT molecular complexity index is 527. The van der Waals surface area contributed by atoms with E-state index in [1.165, 1.54) is 12.3 Å². The molecule has 0 aliphatic carbocycles. The molecule has 0 saturated heterocycles. The molecule has 19 heavy (non-hydrogen) atoms. The third kappa shape index (κ3) is 2.93. The van der Waals surface area contributed by atoms with Crippen molar-refractivity contribution in [1.29, 1.82) is 0 Å². The Kier molecular flexibility index (Phi) is 4.16. The molecule has 6 heteroatoms. The van der Waals surface area contributed by atoms with Gasteiger partial charge in [-0.2, -0.15) is 0 Å². The van der Waals surface area contributed by atoms with Gasteiger partial charge in [0.15, 0.2) is 5.76 Å². The van der Waals surface area contributed by atoms with Gasteiger partial charge in [0.2, 0.25) is 0 Å². The first-order valence-corrected chi connectivity index (χ1v) is 5.88. The average molecular weight is 264 g/mol. The third-order valence-electron chi connectivity index (χ3n) is 2.84. The molecule has 0 radical (unpaired) electrons. The fourth-order valence-corrected chi connectivity index (χ4v) is 1.83.